The van der Waals surface area contributed by atoms with Crippen molar-refractivity contribution in [2.75, 3.05) is 5.33 Å². The Bertz CT molecular complexity index is 359. The second-order valence-electron chi connectivity index (χ2n) is 2.44. The summed E-state index contributed by atoms with van der Waals surface area (Å²) in [7, 11) is 0. The van der Waals surface area contributed by atoms with Gasteiger partial charge in [0.1, 0.15) is 0 Å². The maximum atomic E-state index is 12.1. The van der Waals surface area contributed by atoms with Gasteiger partial charge in [-0.25, -0.2) is 4.68 Å². The number of rotatable bonds is 3. The smallest absolute Gasteiger partial charge is 0.255 e. The average molecular weight is 291 g/mol. The van der Waals surface area contributed by atoms with Crippen molar-refractivity contribution in [2.24, 2.45) is 0 Å². The molecule has 0 saturated carbocycles. The van der Waals surface area contributed by atoms with Gasteiger partial charge in [-0.3, -0.25) is 4.79 Å². The van der Waals surface area contributed by atoms with Gasteiger partial charge in [0.2, 0.25) is 5.01 Å². The highest BCUT2D eigenvalue weighted by molar-refractivity contribution is 9.09. The Morgan fingerprint density at radius 3 is 2.57 bits per heavy atom. The van der Waals surface area contributed by atoms with Crippen molar-refractivity contribution in [1.29, 1.82) is 0 Å². The van der Waals surface area contributed by atoms with Gasteiger partial charge in [0, 0.05) is 11.9 Å². The van der Waals surface area contributed by atoms with Gasteiger partial charge < -0.3 is 0 Å². The highest BCUT2D eigenvalue weighted by Gasteiger charge is 2.36. The normalized spacial score (nSPS) is 12.0. The summed E-state index contributed by atoms with van der Waals surface area (Å²) in [6, 6.07) is 0. The standard InChI is InChI=1S/C6H6BrF3N2OS/c7-2-1-3-12-5(13)14-4(11-12)6(8,9)10/h1-3H2. The summed E-state index contributed by atoms with van der Waals surface area (Å²) in [5.74, 6) is 0. The fourth-order valence-corrected chi connectivity index (χ4v) is 1.68. The summed E-state index contributed by atoms with van der Waals surface area (Å²) in [4.78, 5) is 10.3. The third-order valence-electron chi connectivity index (χ3n) is 1.35. The van der Waals surface area contributed by atoms with Crippen molar-refractivity contribution in [3.63, 3.8) is 0 Å². The summed E-state index contributed by atoms with van der Waals surface area (Å²) in [6.07, 6.45) is -3.95. The van der Waals surface area contributed by atoms with Gasteiger partial charge in [0.15, 0.2) is 0 Å². The molecule has 0 N–H and O–H groups in total. The van der Waals surface area contributed by atoms with Crippen LogP contribution < -0.4 is 4.87 Å². The highest BCUT2D eigenvalue weighted by Crippen LogP contribution is 2.28. The van der Waals surface area contributed by atoms with Crippen LogP contribution in [0.5, 0.6) is 0 Å². The molecule has 1 heterocycles. The largest absolute Gasteiger partial charge is 0.445 e. The van der Waals surface area contributed by atoms with Crippen LogP contribution in [0, 0.1) is 0 Å². The van der Waals surface area contributed by atoms with Crippen LogP contribution in [0.15, 0.2) is 4.79 Å². The highest BCUT2D eigenvalue weighted by atomic mass is 79.9. The summed E-state index contributed by atoms with van der Waals surface area (Å²) in [5, 5.41) is 2.73. The first-order chi connectivity index (χ1) is 6.45. The average Bonchev–Trinajstić information content (AvgIpc) is 2.43. The molecule has 3 nitrogen and oxygen atoms in total. The van der Waals surface area contributed by atoms with E-state index < -0.39 is 16.1 Å². The van der Waals surface area contributed by atoms with E-state index in [4.69, 9.17) is 0 Å². The van der Waals surface area contributed by atoms with Crippen LogP contribution in [-0.2, 0) is 12.7 Å². The number of hydrogen-bond donors (Lipinski definition) is 0. The Morgan fingerprint density at radius 1 is 1.50 bits per heavy atom. The Morgan fingerprint density at radius 2 is 2.14 bits per heavy atom. The molecular formula is C6H6BrF3N2OS. The summed E-state index contributed by atoms with van der Waals surface area (Å²) < 4.78 is 37.1. The molecule has 0 spiro atoms. The quantitative estimate of drug-likeness (QED) is 0.799. The molecule has 0 radical (unpaired) electrons. The third-order valence-corrected chi connectivity index (χ3v) is 2.80. The number of aromatic nitrogens is 2. The van der Waals surface area contributed by atoms with Gasteiger partial charge in [-0.05, 0) is 17.8 Å². The molecule has 14 heavy (non-hydrogen) atoms. The zero-order valence-electron chi connectivity index (χ0n) is 6.84. The zero-order chi connectivity index (χ0) is 10.8. The second kappa shape index (κ2) is 4.43. The van der Waals surface area contributed by atoms with Gasteiger partial charge in [-0.2, -0.15) is 18.3 Å². The van der Waals surface area contributed by atoms with Gasteiger partial charge in [-0.15, -0.1) is 0 Å². The van der Waals surface area contributed by atoms with Crippen LogP contribution in [0.3, 0.4) is 0 Å². The summed E-state index contributed by atoms with van der Waals surface area (Å²) in [6.45, 7) is 0.205. The predicted molar refractivity (Wildman–Crippen MR) is 49.8 cm³/mol. The summed E-state index contributed by atoms with van der Waals surface area (Å²) in [5.41, 5.74) is 0. The number of alkyl halides is 4. The molecule has 0 fully saturated rings. The molecule has 1 aromatic heterocycles. The van der Waals surface area contributed by atoms with Crippen LogP contribution in [-0.4, -0.2) is 15.1 Å². The van der Waals surface area contributed by atoms with E-state index in [1.165, 1.54) is 0 Å². The number of nitrogens with zero attached hydrogens (tertiary/aromatic N) is 2. The molecular weight excluding hydrogens is 285 g/mol. The lowest BCUT2D eigenvalue weighted by Crippen LogP contribution is -2.15. The number of halogens is 4. The minimum absolute atomic E-state index is 0.128. The Labute approximate surface area is 89.7 Å². The number of hydrogen-bond acceptors (Lipinski definition) is 3. The van der Waals surface area contributed by atoms with Gasteiger partial charge >= 0.3 is 11.0 Å². The van der Waals surface area contributed by atoms with Crippen molar-refractivity contribution >= 4 is 27.3 Å². The predicted octanol–water partition coefficient (Wildman–Crippen LogP) is 2.11. The fraction of sp³-hybridized carbons (Fsp3) is 0.667. The monoisotopic (exact) mass is 290 g/mol. The van der Waals surface area contributed by atoms with Crippen molar-refractivity contribution in [2.45, 2.75) is 19.1 Å². The Kier molecular flexibility index (Phi) is 3.71. The van der Waals surface area contributed by atoms with E-state index in [0.29, 0.717) is 11.8 Å². The molecule has 1 rings (SSSR count). The summed E-state index contributed by atoms with van der Waals surface area (Å²) >= 11 is 3.24. The minimum Gasteiger partial charge on any atom is -0.255 e. The third kappa shape index (κ3) is 2.81. The molecule has 0 atom stereocenters. The zero-order valence-corrected chi connectivity index (χ0v) is 9.25. The lowest BCUT2D eigenvalue weighted by Gasteiger charge is -1.99. The molecule has 0 bridgehead atoms. The molecule has 0 aromatic carbocycles. The molecule has 0 amide bonds. The van der Waals surface area contributed by atoms with Crippen molar-refractivity contribution < 1.29 is 13.2 Å². The van der Waals surface area contributed by atoms with E-state index in [9.17, 15) is 18.0 Å². The van der Waals surface area contributed by atoms with Crippen LogP contribution in [0.4, 0.5) is 13.2 Å². The van der Waals surface area contributed by atoms with Crippen molar-refractivity contribution in [3.8, 4) is 0 Å². The van der Waals surface area contributed by atoms with Crippen molar-refractivity contribution in [1.82, 2.24) is 9.78 Å². The Hall–Kier alpha value is -0.370. The van der Waals surface area contributed by atoms with Crippen LogP contribution in [0.1, 0.15) is 11.4 Å². The molecule has 0 aliphatic carbocycles. The van der Waals surface area contributed by atoms with Gasteiger partial charge in [0.05, 0.1) is 0 Å². The van der Waals surface area contributed by atoms with Crippen LogP contribution >= 0.6 is 27.3 Å². The Balaban J connectivity index is 2.88. The van der Waals surface area contributed by atoms with Crippen LogP contribution in [0.25, 0.3) is 0 Å². The lowest BCUT2D eigenvalue weighted by molar-refractivity contribution is -0.138. The molecule has 8 heteroatoms. The first kappa shape index (κ1) is 11.7. The number of aryl methyl sites for hydroxylation is 1. The molecule has 80 valence electrons. The SMILES string of the molecule is O=c1sc(C(F)(F)F)nn1CCCBr. The van der Waals surface area contributed by atoms with E-state index in [1.807, 2.05) is 0 Å². The first-order valence-corrected chi connectivity index (χ1v) is 5.60. The minimum atomic E-state index is -4.52. The first-order valence-electron chi connectivity index (χ1n) is 3.66. The maximum absolute atomic E-state index is 12.1. The molecule has 0 unspecified atom stereocenters. The van der Waals surface area contributed by atoms with Gasteiger partial charge in [-0.1, -0.05) is 15.9 Å². The molecule has 0 aliphatic heterocycles. The van der Waals surface area contributed by atoms with Crippen molar-refractivity contribution in [3.05, 3.63) is 14.7 Å². The fourth-order valence-electron chi connectivity index (χ4n) is 0.772. The van der Waals surface area contributed by atoms with E-state index in [0.717, 1.165) is 4.68 Å². The van der Waals surface area contributed by atoms with Crippen LogP contribution in [0.2, 0.25) is 0 Å². The molecule has 0 saturated heterocycles. The lowest BCUT2D eigenvalue weighted by atomic mass is 10.5. The van der Waals surface area contributed by atoms with E-state index in [1.54, 1.807) is 0 Å². The molecule has 0 aliphatic rings. The van der Waals surface area contributed by atoms with E-state index in [2.05, 4.69) is 21.0 Å². The van der Waals surface area contributed by atoms with Gasteiger partial charge in [0.25, 0.3) is 0 Å². The second-order valence-corrected chi connectivity index (χ2v) is 4.17. The maximum Gasteiger partial charge on any atom is 0.445 e. The van der Waals surface area contributed by atoms with E-state index >= 15 is 0 Å². The topological polar surface area (TPSA) is 34.9 Å². The van der Waals surface area contributed by atoms with E-state index in [-0.39, 0.29) is 17.9 Å². The molecule has 1 aromatic rings.